The van der Waals surface area contributed by atoms with Gasteiger partial charge in [-0.25, -0.2) is 4.79 Å². The van der Waals surface area contributed by atoms with Crippen molar-refractivity contribution in [2.75, 3.05) is 13.2 Å². The normalized spacial score (nSPS) is 10.6. The van der Waals surface area contributed by atoms with Crippen molar-refractivity contribution in [2.24, 2.45) is 5.92 Å². The topological polar surface area (TPSA) is 29.5 Å². The largest absolute Gasteiger partial charge is 0.449 e. The highest BCUT2D eigenvalue weighted by atomic mass is 16.6. The third-order valence-electron chi connectivity index (χ3n) is 3.53. The second kappa shape index (κ2) is 8.99. The maximum Gasteiger partial charge on any atom is 0.410 e. The van der Waals surface area contributed by atoms with Crippen LogP contribution in [0.15, 0.2) is 60.7 Å². The van der Waals surface area contributed by atoms with Crippen LogP contribution in [0, 0.1) is 5.92 Å². The van der Waals surface area contributed by atoms with Crippen LogP contribution in [-0.2, 0) is 17.7 Å². The number of carbonyl (C=O) groups excluding carboxylic acids is 1. The molecule has 0 heterocycles. The number of amides is 1. The van der Waals surface area contributed by atoms with Crippen LogP contribution in [0.25, 0.3) is 0 Å². The van der Waals surface area contributed by atoms with Crippen LogP contribution in [-0.4, -0.2) is 24.1 Å². The van der Waals surface area contributed by atoms with Gasteiger partial charge in [0.05, 0.1) is 6.61 Å². The number of hydrogen-bond donors (Lipinski definition) is 0. The van der Waals surface area contributed by atoms with Crippen molar-refractivity contribution < 1.29 is 9.53 Å². The molecule has 0 fully saturated rings. The minimum atomic E-state index is -0.238. The van der Waals surface area contributed by atoms with E-state index >= 15 is 0 Å². The molecule has 0 aliphatic carbocycles. The summed E-state index contributed by atoms with van der Waals surface area (Å²) in [5.74, 6) is 0.339. The van der Waals surface area contributed by atoms with Gasteiger partial charge in [-0.15, -0.1) is 0 Å². The van der Waals surface area contributed by atoms with Gasteiger partial charge in [-0.05, 0) is 23.5 Å². The predicted molar refractivity (Wildman–Crippen MR) is 93.2 cm³/mol. The van der Waals surface area contributed by atoms with Crippen LogP contribution in [0.2, 0.25) is 0 Å². The number of rotatable bonds is 7. The SMILES string of the molecule is CC(C)COC(=O)N(CCc1ccccc1)Cc1ccccc1. The monoisotopic (exact) mass is 311 g/mol. The van der Waals surface area contributed by atoms with Crippen molar-refractivity contribution >= 4 is 6.09 Å². The smallest absolute Gasteiger partial charge is 0.410 e. The Balaban J connectivity index is 1.99. The first-order valence-corrected chi connectivity index (χ1v) is 8.14. The Labute approximate surface area is 138 Å². The summed E-state index contributed by atoms with van der Waals surface area (Å²) in [4.78, 5) is 14.2. The van der Waals surface area contributed by atoms with Crippen LogP contribution in [0.5, 0.6) is 0 Å². The highest BCUT2D eigenvalue weighted by Gasteiger charge is 2.16. The maximum absolute atomic E-state index is 12.4. The quantitative estimate of drug-likeness (QED) is 0.752. The van der Waals surface area contributed by atoms with Crippen LogP contribution >= 0.6 is 0 Å². The van der Waals surface area contributed by atoms with Gasteiger partial charge < -0.3 is 9.64 Å². The molecule has 122 valence electrons. The van der Waals surface area contributed by atoms with Gasteiger partial charge in [-0.2, -0.15) is 0 Å². The Kier molecular flexibility index (Phi) is 6.67. The number of hydrogen-bond acceptors (Lipinski definition) is 2. The highest BCUT2D eigenvalue weighted by molar-refractivity contribution is 5.67. The zero-order valence-electron chi connectivity index (χ0n) is 13.9. The molecule has 0 atom stereocenters. The molecule has 2 rings (SSSR count). The lowest BCUT2D eigenvalue weighted by atomic mass is 10.1. The molecular formula is C20H25NO2. The second-order valence-corrected chi connectivity index (χ2v) is 6.11. The maximum atomic E-state index is 12.4. The lowest BCUT2D eigenvalue weighted by molar-refractivity contribution is 0.0900. The Morgan fingerprint density at radius 1 is 0.957 bits per heavy atom. The Morgan fingerprint density at radius 3 is 2.09 bits per heavy atom. The van der Waals surface area contributed by atoms with E-state index in [1.807, 2.05) is 62.4 Å². The number of benzene rings is 2. The van der Waals surface area contributed by atoms with Crippen molar-refractivity contribution in [1.82, 2.24) is 4.90 Å². The minimum absolute atomic E-state index is 0.238. The fraction of sp³-hybridized carbons (Fsp3) is 0.350. The van der Waals surface area contributed by atoms with E-state index in [0.29, 0.717) is 25.6 Å². The zero-order chi connectivity index (χ0) is 16.5. The summed E-state index contributed by atoms with van der Waals surface area (Å²) in [6.45, 7) is 5.76. The van der Waals surface area contributed by atoms with E-state index in [1.54, 1.807) is 4.90 Å². The molecule has 0 bridgehead atoms. The molecule has 0 saturated heterocycles. The van der Waals surface area contributed by atoms with E-state index in [2.05, 4.69) is 12.1 Å². The Bertz CT molecular complexity index is 581. The zero-order valence-corrected chi connectivity index (χ0v) is 13.9. The van der Waals surface area contributed by atoms with Crippen molar-refractivity contribution in [2.45, 2.75) is 26.8 Å². The fourth-order valence-corrected chi connectivity index (χ4v) is 2.28. The van der Waals surface area contributed by atoms with Gasteiger partial charge in [0.2, 0.25) is 0 Å². The van der Waals surface area contributed by atoms with Crippen molar-refractivity contribution in [3.8, 4) is 0 Å². The van der Waals surface area contributed by atoms with E-state index in [-0.39, 0.29) is 6.09 Å². The fourth-order valence-electron chi connectivity index (χ4n) is 2.28. The number of ether oxygens (including phenoxy) is 1. The van der Waals surface area contributed by atoms with Gasteiger partial charge in [0.15, 0.2) is 0 Å². The first-order valence-electron chi connectivity index (χ1n) is 8.14. The average molecular weight is 311 g/mol. The molecule has 0 N–H and O–H groups in total. The third-order valence-corrected chi connectivity index (χ3v) is 3.53. The molecule has 0 saturated carbocycles. The van der Waals surface area contributed by atoms with Crippen molar-refractivity contribution in [1.29, 1.82) is 0 Å². The summed E-state index contributed by atoms with van der Waals surface area (Å²) < 4.78 is 5.41. The average Bonchev–Trinajstić information content (AvgIpc) is 2.58. The summed E-state index contributed by atoms with van der Waals surface area (Å²) in [5, 5.41) is 0. The van der Waals surface area contributed by atoms with Gasteiger partial charge in [0, 0.05) is 13.1 Å². The minimum Gasteiger partial charge on any atom is -0.449 e. The van der Waals surface area contributed by atoms with E-state index in [4.69, 9.17) is 4.74 Å². The molecule has 0 spiro atoms. The molecule has 2 aromatic rings. The van der Waals surface area contributed by atoms with E-state index in [9.17, 15) is 4.79 Å². The van der Waals surface area contributed by atoms with Crippen LogP contribution < -0.4 is 0 Å². The molecular weight excluding hydrogens is 286 g/mol. The van der Waals surface area contributed by atoms with Gasteiger partial charge in [0.1, 0.15) is 0 Å². The van der Waals surface area contributed by atoms with Crippen molar-refractivity contribution in [3.05, 3.63) is 71.8 Å². The van der Waals surface area contributed by atoms with E-state index in [1.165, 1.54) is 5.56 Å². The Morgan fingerprint density at radius 2 is 1.52 bits per heavy atom. The molecule has 0 aliphatic heterocycles. The van der Waals surface area contributed by atoms with Crippen LogP contribution in [0.3, 0.4) is 0 Å². The summed E-state index contributed by atoms with van der Waals surface area (Å²) in [7, 11) is 0. The molecule has 3 heteroatoms. The molecule has 0 aromatic heterocycles. The van der Waals surface area contributed by atoms with Gasteiger partial charge in [0.25, 0.3) is 0 Å². The summed E-state index contributed by atoms with van der Waals surface area (Å²) in [6, 6.07) is 20.2. The van der Waals surface area contributed by atoms with Crippen molar-refractivity contribution in [3.63, 3.8) is 0 Å². The molecule has 0 aliphatic rings. The van der Waals surface area contributed by atoms with Gasteiger partial charge in [-0.3, -0.25) is 0 Å². The number of carbonyl (C=O) groups is 1. The summed E-state index contributed by atoms with van der Waals surface area (Å²) in [6.07, 6.45) is 0.586. The molecule has 0 radical (unpaired) electrons. The summed E-state index contributed by atoms with van der Waals surface area (Å²) in [5.41, 5.74) is 2.34. The first kappa shape index (κ1) is 17.1. The van der Waals surface area contributed by atoms with Gasteiger partial charge >= 0.3 is 6.09 Å². The summed E-state index contributed by atoms with van der Waals surface area (Å²) >= 11 is 0. The third kappa shape index (κ3) is 6.15. The lowest BCUT2D eigenvalue weighted by Gasteiger charge is -2.23. The first-order chi connectivity index (χ1) is 11.1. The van der Waals surface area contributed by atoms with E-state index in [0.717, 1.165) is 12.0 Å². The Hall–Kier alpha value is -2.29. The molecule has 23 heavy (non-hydrogen) atoms. The molecule has 3 nitrogen and oxygen atoms in total. The molecule has 2 aromatic carbocycles. The number of nitrogens with zero attached hydrogens (tertiary/aromatic N) is 1. The molecule has 1 amide bonds. The highest BCUT2D eigenvalue weighted by Crippen LogP contribution is 2.09. The predicted octanol–water partition coefficient (Wildman–Crippen LogP) is 4.52. The van der Waals surface area contributed by atoms with Crippen LogP contribution in [0.1, 0.15) is 25.0 Å². The van der Waals surface area contributed by atoms with E-state index < -0.39 is 0 Å². The standard InChI is InChI=1S/C20H25NO2/c1-17(2)16-23-20(22)21(15-19-11-7-4-8-12-19)14-13-18-9-5-3-6-10-18/h3-12,17H,13-16H2,1-2H3. The van der Waals surface area contributed by atoms with Crippen LogP contribution in [0.4, 0.5) is 4.79 Å². The van der Waals surface area contributed by atoms with Gasteiger partial charge in [-0.1, -0.05) is 74.5 Å². The lowest BCUT2D eigenvalue weighted by Crippen LogP contribution is -2.33. The second-order valence-electron chi connectivity index (χ2n) is 6.11. The molecule has 0 unspecified atom stereocenters.